The molecule has 0 heterocycles. The second-order valence-electron chi connectivity index (χ2n) is 7.46. The van der Waals surface area contributed by atoms with E-state index in [-0.39, 0.29) is 13.0 Å². The van der Waals surface area contributed by atoms with Crippen LogP contribution in [0.4, 0.5) is 0 Å². The number of rotatable bonds is 15. The molecule has 0 amide bonds. The minimum absolute atomic E-state index is 0.165. The zero-order chi connectivity index (χ0) is 23.9. The van der Waals surface area contributed by atoms with Crippen LogP contribution in [0.1, 0.15) is 58.0 Å². The third kappa shape index (κ3) is 10.6. The second-order valence-corrected chi connectivity index (χ2v) is 7.46. The van der Waals surface area contributed by atoms with Gasteiger partial charge in [0.15, 0.2) is 0 Å². The summed E-state index contributed by atoms with van der Waals surface area (Å²) in [5.74, 6) is -1.38. The van der Waals surface area contributed by atoms with Crippen molar-refractivity contribution in [2.75, 3.05) is 26.4 Å². The number of carbonyl (C=O) groups is 2. The smallest absolute Gasteiger partial charge is 0.373 e. The average Bonchev–Trinajstić information content (AvgIpc) is 2.82. The molecule has 180 valence electrons. The third-order valence-electron chi connectivity index (χ3n) is 4.46. The molecule has 2 rings (SSSR count). The molecule has 0 aromatic heterocycles. The Morgan fingerprint density at radius 2 is 1.15 bits per heavy atom. The van der Waals surface area contributed by atoms with Gasteiger partial charge in [-0.3, -0.25) is 9.78 Å². The van der Waals surface area contributed by atoms with Gasteiger partial charge in [-0.2, -0.15) is 0 Å². The van der Waals surface area contributed by atoms with Crippen LogP contribution in [0.25, 0.3) is 0 Å². The molecule has 0 atom stereocenters. The van der Waals surface area contributed by atoms with Crippen molar-refractivity contribution in [3.05, 3.63) is 70.8 Å². The van der Waals surface area contributed by atoms with Gasteiger partial charge in [-0.1, -0.05) is 42.3 Å². The molecule has 0 N–H and O–H groups in total. The van der Waals surface area contributed by atoms with Crippen LogP contribution in [-0.4, -0.2) is 44.7 Å². The van der Waals surface area contributed by atoms with E-state index in [2.05, 4.69) is 0 Å². The number of ether oxygens (including phenoxy) is 2. The molecular formula is C25H32O8. The van der Waals surface area contributed by atoms with Crippen LogP contribution in [0.5, 0.6) is 0 Å². The summed E-state index contributed by atoms with van der Waals surface area (Å²) in [6.45, 7) is 7.94. The van der Waals surface area contributed by atoms with Gasteiger partial charge in [-0.05, 0) is 51.0 Å². The number of carbonyl (C=O) groups excluding carboxylic acids is 2. The lowest BCUT2D eigenvalue weighted by Gasteiger charge is -2.15. The number of benzene rings is 2. The summed E-state index contributed by atoms with van der Waals surface area (Å²) < 4.78 is 10.9. The highest BCUT2D eigenvalue weighted by Gasteiger charge is 2.19. The van der Waals surface area contributed by atoms with Gasteiger partial charge in [0.25, 0.3) is 0 Å². The van der Waals surface area contributed by atoms with Crippen LogP contribution in [0.2, 0.25) is 0 Å². The molecule has 8 nitrogen and oxygen atoms in total. The molecule has 0 unspecified atom stereocenters. The molecule has 0 aliphatic rings. The van der Waals surface area contributed by atoms with E-state index in [1.165, 1.54) is 0 Å². The molecule has 2 aromatic carbocycles. The molecule has 0 fully saturated rings. The summed E-state index contributed by atoms with van der Waals surface area (Å²) in [6.07, 6.45) is 0.722. The van der Waals surface area contributed by atoms with Crippen molar-refractivity contribution >= 4 is 11.9 Å². The predicted octanol–water partition coefficient (Wildman–Crippen LogP) is 4.73. The molecule has 0 bridgehead atoms. The molecule has 33 heavy (non-hydrogen) atoms. The summed E-state index contributed by atoms with van der Waals surface area (Å²) in [6, 6.07) is 13.6. The van der Waals surface area contributed by atoms with Crippen LogP contribution in [0.15, 0.2) is 48.5 Å². The zero-order valence-corrected chi connectivity index (χ0v) is 19.4. The van der Waals surface area contributed by atoms with Crippen molar-refractivity contribution in [1.82, 2.24) is 0 Å². The van der Waals surface area contributed by atoms with Gasteiger partial charge >= 0.3 is 11.9 Å². The number of hydrogen-bond acceptors (Lipinski definition) is 8. The molecule has 0 saturated heterocycles. The highest BCUT2D eigenvalue weighted by atomic mass is 17.3. The van der Waals surface area contributed by atoms with Crippen LogP contribution >= 0.6 is 0 Å². The maximum Gasteiger partial charge on any atom is 0.373 e. The van der Waals surface area contributed by atoms with E-state index in [1.807, 2.05) is 20.8 Å². The van der Waals surface area contributed by atoms with Crippen molar-refractivity contribution in [2.24, 2.45) is 0 Å². The average molecular weight is 461 g/mol. The topological polar surface area (TPSA) is 89.5 Å². The fourth-order valence-corrected chi connectivity index (χ4v) is 2.57. The zero-order valence-electron chi connectivity index (χ0n) is 19.4. The van der Waals surface area contributed by atoms with Gasteiger partial charge in [0, 0.05) is 26.2 Å². The Labute approximate surface area is 194 Å². The van der Waals surface area contributed by atoms with Crippen LogP contribution in [0.3, 0.4) is 0 Å². The first-order valence-electron chi connectivity index (χ1n) is 11.0. The Morgan fingerprint density at radius 3 is 1.61 bits per heavy atom. The highest BCUT2D eigenvalue weighted by Crippen LogP contribution is 2.11. The summed E-state index contributed by atoms with van der Waals surface area (Å²) in [5.41, 5.74) is 2.65. The summed E-state index contributed by atoms with van der Waals surface area (Å²) in [5, 5.41) is 0. The van der Waals surface area contributed by atoms with E-state index >= 15 is 0 Å². The van der Waals surface area contributed by atoms with Crippen LogP contribution in [0, 0.1) is 13.8 Å². The second kappa shape index (κ2) is 15.1. The minimum atomic E-state index is -1.16. The molecule has 2 aromatic rings. The third-order valence-corrected chi connectivity index (χ3v) is 4.46. The Morgan fingerprint density at radius 1 is 0.697 bits per heavy atom. The van der Waals surface area contributed by atoms with E-state index in [1.54, 1.807) is 48.5 Å². The Balaban J connectivity index is 1.82. The Hall–Kier alpha value is -2.78. The first-order chi connectivity index (χ1) is 16.0. The fraction of sp³-hybridized carbons (Fsp3) is 0.440. The van der Waals surface area contributed by atoms with Crippen LogP contribution < -0.4 is 0 Å². The van der Waals surface area contributed by atoms with E-state index in [0.717, 1.165) is 30.6 Å². The van der Waals surface area contributed by atoms with E-state index in [9.17, 15) is 9.59 Å². The van der Waals surface area contributed by atoms with Gasteiger partial charge in [0.05, 0.1) is 17.7 Å². The Bertz CT molecular complexity index is 771. The van der Waals surface area contributed by atoms with Crippen molar-refractivity contribution in [1.29, 1.82) is 0 Å². The van der Waals surface area contributed by atoms with Gasteiger partial charge in [0.2, 0.25) is 6.29 Å². The quantitative estimate of drug-likeness (QED) is 0.163. The monoisotopic (exact) mass is 460 g/mol. The molecule has 0 spiro atoms. The van der Waals surface area contributed by atoms with Gasteiger partial charge in [0.1, 0.15) is 0 Å². The normalized spacial score (nSPS) is 10.9. The molecule has 0 aliphatic heterocycles. The largest absolute Gasteiger partial charge is 0.381 e. The summed E-state index contributed by atoms with van der Waals surface area (Å²) in [7, 11) is 0. The summed E-state index contributed by atoms with van der Waals surface area (Å²) >= 11 is 0. The van der Waals surface area contributed by atoms with Gasteiger partial charge in [-0.25, -0.2) is 9.59 Å². The van der Waals surface area contributed by atoms with E-state index in [4.69, 9.17) is 29.0 Å². The first kappa shape index (κ1) is 26.5. The van der Waals surface area contributed by atoms with Crippen molar-refractivity contribution in [3.63, 3.8) is 0 Å². The van der Waals surface area contributed by atoms with Crippen molar-refractivity contribution in [3.8, 4) is 0 Å². The number of hydrogen-bond donors (Lipinski definition) is 0. The van der Waals surface area contributed by atoms with E-state index in [0.29, 0.717) is 24.3 Å². The lowest BCUT2D eigenvalue weighted by atomic mass is 10.2. The maximum atomic E-state index is 12.2. The van der Waals surface area contributed by atoms with Crippen molar-refractivity contribution < 1.29 is 38.6 Å². The highest BCUT2D eigenvalue weighted by molar-refractivity contribution is 5.89. The fourth-order valence-electron chi connectivity index (χ4n) is 2.57. The number of aryl methyl sites for hydroxylation is 2. The minimum Gasteiger partial charge on any atom is -0.381 e. The Kier molecular flexibility index (Phi) is 12.1. The van der Waals surface area contributed by atoms with Crippen LogP contribution in [-0.2, 0) is 29.0 Å². The van der Waals surface area contributed by atoms with Gasteiger partial charge < -0.3 is 9.47 Å². The lowest BCUT2D eigenvalue weighted by molar-refractivity contribution is -0.422. The lowest BCUT2D eigenvalue weighted by Crippen LogP contribution is -2.24. The molecular weight excluding hydrogens is 428 g/mol. The molecule has 0 radical (unpaired) electrons. The first-order valence-corrected chi connectivity index (χ1v) is 11.0. The SMILES string of the molecule is CCCOCCCOCCC(OOC(=O)c1ccc(C)cc1)OOC(=O)c1ccc(C)cc1. The predicted molar refractivity (Wildman–Crippen MR) is 120 cm³/mol. The molecule has 0 aliphatic carbocycles. The molecule has 8 heteroatoms. The van der Waals surface area contributed by atoms with Gasteiger partial charge in [-0.15, -0.1) is 9.78 Å². The molecule has 0 saturated carbocycles. The standard InChI is InChI=1S/C25H32O8/c1-4-15-28-16-5-17-29-18-14-23(30-32-24(26)21-10-6-19(2)7-11-21)31-33-25(27)22-12-8-20(3)9-13-22/h6-13,23H,4-5,14-18H2,1-3H3. The maximum absolute atomic E-state index is 12.2. The van der Waals surface area contributed by atoms with Crippen molar-refractivity contribution in [2.45, 2.75) is 46.3 Å². The van der Waals surface area contributed by atoms with E-state index < -0.39 is 18.2 Å². The summed E-state index contributed by atoms with van der Waals surface area (Å²) in [4.78, 5) is 44.3.